The molecule has 0 aliphatic carbocycles. The topological polar surface area (TPSA) is 67.9 Å². The Balaban J connectivity index is 1.66. The Morgan fingerprint density at radius 2 is 1.63 bits per heavy atom. The Hall–Kier alpha value is -2.09. The fourth-order valence-electron chi connectivity index (χ4n) is 3.21. The van der Waals surface area contributed by atoms with Crippen LogP contribution in [0, 0.1) is 0 Å². The maximum Gasteiger partial charge on any atom is 0.244 e. The lowest BCUT2D eigenvalue weighted by Crippen LogP contribution is -2.24. The monoisotopic (exact) mass is 390 g/mol. The van der Waals surface area contributed by atoms with Crippen molar-refractivity contribution in [2.45, 2.75) is 30.8 Å². The predicted molar refractivity (Wildman–Crippen MR) is 105 cm³/mol. The molecule has 27 heavy (non-hydrogen) atoms. The van der Waals surface area contributed by atoms with E-state index in [1.54, 1.807) is 12.1 Å². The maximum absolute atomic E-state index is 12.7. The van der Waals surface area contributed by atoms with Crippen LogP contribution in [-0.4, -0.2) is 40.6 Å². The van der Waals surface area contributed by atoms with Crippen LogP contribution >= 0.6 is 0 Å². The summed E-state index contributed by atoms with van der Waals surface area (Å²) in [7, 11) is -0.786. The average molecular weight is 391 g/mol. The van der Waals surface area contributed by atoms with Crippen molar-refractivity contribution in [1.82, 2.24) is 9.62 Å². The summed E-state index contributed by atoms with van der Waals surface area (Å²) in [6, 6.07) is 12.8. The van der Waals surface area contributed by atoms with Crippen LogP contribution in [0.4, 0.5) is 0 Å². The van der Waals surface area contributed by atoms with E-state index in [0.29, 0.717) is 5.75 Å². The molecule has 2 aromatic carbocycles. The Bertz CT molecular complexity index is 860. The largest absolute Gasteiger partial charge is 0.497 e. The molecule has 0 saturated carbocycles. The highest BCUT2D eigenvalue weighted by Crippen LogP contribution is 2.28. The predicted octanol–water partition coefficient (Wildman–Crippen LogP) is 2.78. The highest BCUT2D eigenvalue weighted by molar-refractivity contribution is 7.89. The number of ether oxygens (including phenoxy) is 2. The fraction of sp³-hybridized carbons (Fsp3) is 0.400. The Labute approximate surface area is 161 Å². The second kappa shape index (κ2) is 8.73. The van der Waals surface area contributed by atoms with Gasteiger partial charge in [0.25, 0.3) is 0 Å². The number of methoxy groups -OCH3 is 2. The summed E-state index contributed by atoms with van der Waals surface area (Å²) in [4.78, 5) is 2.50. The highest BCUT2D eigenvalue weighted by atomic mass is 32.2. The van der Waals surface area contributed by atoms with Gasteiger partial charge in [-0.15, -0.1) is 0 Å². The van der Waals surface area contributed by atoms with Gasteiger partial charge in [-0.1, -0.05) is 24.3 Å². The lowest BCUT2D eigenvalue weighted by Gasteiger charge is -2.15. The van der Waals surface area contributed by atoms with Crippen LogP contribution < -0.4 is 14.2 Å². The van der Waals surface area contributed by atoms with E-state index in [4.69, 9.17) is 9.47 Å². The molecule has 1 N–H and O–H groups in total. The third kappa shape index (κ3) is 5.00. The number of nitrogens with zero attached hydrogens (tertiary/aromatic N) is 1. The summed E-state index contributed by atoms with van der Waals surface area (Å²) in [6.07, 6.45) is 2.54. The summed E-state index contributed by atoms with van der Waals surface area (Å²) >= 11 is 0. The van der Waals surface area contributed by atoms with Gasteiger partial charge in [-0.2, -0.15) is 0 Å². The number of rotatable bonds is 8. The van der Waals surface area contributed by atoms with Crippen LogP contribution in [0.15, 0.2) is 47.4 Å². The standard InChI is InChI=1S/C20H26N2O4S/c1-25-18-9-10-19(26-2)20(13-18)27(23,24)21-14-16-5-7-17(8-6-16)15-22-11-3-4-12-22/h5-10,13,21H,3-4,11-12,14-15H2,1-2H3. The van der Waals surface area contributed by atoms with Crippen LogP contribution in [0.5, 0.6) is 11.5 Å². The van der Waals surface area contributed by atoms with Gasteiger partial charge >= 0.3 is 0 Å². The summed E-state index contributed by atoms with van der Waals surface area (Å²) in [5.41, 5.74) is 2.16. The summed E-state index contributed by atoms with van der Waals surface area (Å²) in [5.74, 6) is 0.742. The minimum Gasteiger partial charge on any atom is -0.497 e. The first-order valence-electron chi connectivity index (χ1n) is 9.04. The van der Waals surface area contributed by atoms with Gasteiger partial charge in [-0.25, -0.2) is 13.1 Å². The van der Waals surface area contributed by atoms with E-state index >= 15 is 0 Å². The molecule has 1 aliphatic rings. The van der Waals surface area contributed by atoms with Gasteiger partial charge in [-0.05, 0) is 49.2 Å². The number of hydrogen-bond donors (Lipinski definition) is 1. The van der Waals surface area contributed by atoms with E-state index in [2.05, 4.69) is 21.8 Å². The first-order valence-corrected chi connectivity index (χ1v) is 10.5. The molecular weight excluding hydrogens is 364 g/mol. The molecule has 0 atom stereocenters. The van der Waals surface area contributed by atoms with Gasteiger partial charge < -0.3 is 9.47 Å². The zero-order valence-electron chi connectivity index (χ0n) is 15.8. The number of nitrogens with one attached hydrogen (secondary N) is 1. The third-order valence-corrected chi connectivity index (χ3v) is 6.18. The highest BCUT2D eigenvalue weighted by Gasteiger charge is 2.20. The molecule has 6 nitrogen and oxygen atoms in total. The summed E-state index contributed by atoms with van der Waals surface area (Å²) < 4.78 is 38.3. The van der Waals surface area contributed by atoms with Crippen molar-refractivity contribution in [3.63, 3.8) is 0 Å². The molecule has 0 unspecified atom stereocenters. The molecule has 0 bridgehead atoms. The lowest BCUT2D eigenvalue weighted by atomic mass is 10.1. The molecular formula is C20H26N2O4S. The lowest BCUT2D eigenvalue weighted by molar-refractivity contribution is 0.331. The van der Waals surface area contributed by atoms with E-state index in [1.807, 2.05) is 12.1 Å². The molecule has 0 amide bonds. The third-order valence-electron chi connectivity index (χ3n) is 4.75. The molecule has 0 spiro atoms. The van der Waals surface area contributed by atoms with Crippen molar-refractivity contribution in [1.29, 1.82) is 0 Å². The quantitative estimate of drug-likeness (QED) is 0.751. The van der Waals surface area contributed by atoms with Crippen LogP contribution in [0.3, 0.4) is 0 Å². The fourth-order valence-corrected chi connectivity index (χ4v) is 4.41. The molecule has 3 rings (SSSR count). The SMILES string of the molecule is COc1ccc(OC)c(S(=O)(=O)NCc2ccc(CN3CCCC3)cc2)c1. The molecule has 2 aromatic rings. The van der Waals surface area contributed by atoms with E-state index < -0.39 is 10.0 Å². The first-order chi connectivity index (χ1) is 13.0. The summed E-state index contributed by atoms with van der Waals surface area (Å²) in [6.45, 7) is 3.48. The molecule has 1 heterocycles. The zero-order chi connectivity index (χ0) is 19.3. The Kier molecular flexibility index (Phi) is 6.36. The van der Waals surface area contributed by atoms with Gasteiger partial charge in [0.1, 0.15) is 16.4 Å². The van der Waals surface area contributed by atoms with Crippen molar-refractivity contribution < 1.29 is 17.9 Å². The average Bonchev–Trinajstić information content (AvgIpc) is 3.20. The van der Waals surface area contributed by atoms with Gasteiger partial charge in [0.05, 0.1) is 14.2 Å². The van der Waals surface area contributed by atoms with Gasteiger partial charge in [-0.3, -0.25) is 4.90 Å². The zero-order valence-corrected chi connectivity index (χ0v) is 16.6. The molecule has 7 heteroatoms. The van der Waals surface area contributed by atoms with E-state index in [-0.39, 0.29) is 17.2 Å². The second-order valence-electron chi connectivity index (χ2n) is 6.64. The normalized spacial score (nSPS) is 15.0. The van der Waals surface area contributed by atoms with Crippen molar-refractivity contribution in [2.75, 3.05) is 27.3 Å². The van der Waals surface area contributed by atoms with Crippen LogP contribution in [-0.2, 0) is 23.1 Å². The van der Waals surface area contributed by atoms with Gasteiger partial charge in [0.15, 0.2) is 0 Å². The first kappa shape index (κ1) is 19.7. The summed E-state index contributed by atoms with van der Waals surface area (Å²) in [5, 5.41) is 0. The maximum atomic E-state index is 12.7. The molecule has 146 valence electrons. The van der Waals surface area contributed by atoms with E-state index in [0.717, 1.165) is 25.2 Å². The van der Waals surface area contributed by atoms with Crippen molar-refractivity contribution in [3.8, 4) is 11.5 Å². The van der Waals surface area contributed by atoms with E-state index in [1.165, 1.54) is 38.7 Å². The second-order valence-corrected chi connectivity index (χ2v) is 8.38. The number of hydrogen-bond acceptors (Lipinski definition) is 5. The molecule has 0 aromatic heterocycles. The number of likely N-dealkylation sites (tertiary alicyclic amines) is 1. The van der Waals surface area contributed by atoms with E-state index in [9.17, 15) is 8.42 Å². The van der Waals surface area contributed by atoms with Crippen LogP contribution in [0.2, 0.25) is 0 Å². The Morgan fingerprint density at radius 1 is 0.963 bits per heavy atom. The molecule has 1 aliphatic heterocycles. The minimum absolute atomic E-state index is 0.0648. The molecule has 0 radical (unpaired) electrons. The smallest absolute Gasteiger partial charge is 0.244 e. The van der Waals surface area contributed by atoms with Gasteiger partial charge in [0.2, 0.25) is 10.0 Å². The van der Waals surface area contributed by atoms with Crippen LogP contribution in [0.25, 0.3) is 0 Å². The van der Waals surface area contributed by atoms with Crippen molar-refractivity contribution in [2.24, 2.45) is 0 Å². The Morgan fingerprint density at radius 3 is 2.26 bits per heavy atom. The number of benzene rings is 2. The molecule has 1 saturated heterocycles. The minimum atomic E-state index is -3.73. The van der Waals surface area contributed by atoms with Gasteiger partial charge in [0, 0.05) is 19.2 Å². The van der Waals surface area contributed by atoms with Crippen LogP contribution in [0.1, 0.15) is 24.0 Å². The van der Waals surface area contributed by atoms with Crippen molar-refractivity contribution >= 4 is 10.0 Å². The van der Waals surface area contributed by atoms with Crippen molar-refractivity contribution in [3.05, 3.63) is 53.6 Å². The number of sulfonamides is 1. The molecule has 1 fully saturated rings.